The van der Waals surface area contributed by atoms with Gasteiger partial charge in [0, 0.05) is 38.3 Å². The van der Waals surface area contributed by atoms with Gasteiger partial charge in [0.15, 0.2) is 0 Å². The summed E-state index contributed by atoms with van der Waals surface area (Å²) in [4.78, 5) is 13.4. The van der Waals surface area contributed by atoms with Crippen LogP contribution in [0.4, 0.5) is 0 Å². The highest BCUT2D eigenvalue weighted by Crippen LogP contribution is 2.10. The number of hydrogen-bond acceptors (Lipinski definition) is 4. The van der Waals surface area contributed by atoms with E-state index >= 15 is 0 Å². The fourth-order valence-electron chi connectivity index (χ4n) is 1.68. The fraction of sp³-hybridized carbons (Fsp3) is 0.636. The average molecular weight is 257 g/mol. The van der Waals surface area contributed by atoms with Crippen molar-refractivity contribution < 1.29 is 9.90 Å². The Bertz CT molecular complexity index is 379. The third-order valence-corrected chi connectivity index (χ3v) is 2.75. The largest absolute Gasteiger partial charge is 0.395 e. The van der Waals surface area contributed by atoms with E-state index in [-0.39, 0.29) is 12.5 Å². The normalized spacial score (nSPS) is 10.6. The Labute approximate surface area is 107 Å². The van der Waals surface area contributed by atoms with E-state index in [9.17, 15) is 4.79 Å². The van der Waals surface area contributed by atoms with Crippen molar-refractivity contribution in [2.75, 3.05) is 18.9 Å². The maximum absolute atomic E-state index is 11.8. The van der Waals surface area contributed by atoms with Crippen LogP contribution < -0.4 is 0 Å². The number of aliphatic hydroxyl groups excluding tert-OH is 1. The summed E-state index contributed by atoms with van der Waals surface area (Å²) in [5, 5.41) is 13.2. The van der Waals surface area contributed by atoms with E-state index in [0.717, 1.165) is 11.3 Å². The molecule has 0 atom stereocenters. The van der Waals surface area contributed by atoms with E-state index in [4.69, 9.17) is 5.11 Å². The summed E-state index contributed by atoms with van der Waals surface area (Å²) in [7, 11) is 1.85. The number of aliphatic hydroxyl groups is 1. The Morgan fingerprint density at radius 2 is 2.35 bits per heavy atom. The van der Waals surface area contributed by atoms with Gasteiger partial charge in [0.25, 0.3) is 0 Å². The molecule has 0 spiro atoms. The van der Waals surface area contributed by atoms with Gasteiger partial charge in [-0.2, -0.15) is 17.7 Å². The van der Waals surface area contributed by atoms with Crippen LogP contribution in [0, 0.1) is 6.92 Å². The number of carbonyl (C=O) groups is 1. The number of aromatic nitrogens is 2. The summed E-state index contributed by atoms with van der Waals surface area (Å²) in [5.74, 6) is 0.532. The molecule has 0 aliphatic carbocycles. The summed E-state index contributed by atoms with van der Waals surface area (Å²) in [6.07, 6.45) is 2.29. The Hall–Kier alpha value is -1.01. The standard InChI is InChI=1S/C11H19N3O2S/c1-9-10(7-13(2)12-9)8-14(4-5-15)11(16)3-6-17/h7,15,17H,3-6,8H2,1-2H3. The van der Waals surface area contributed by atoms with Crippen LogP contribution >= 0.6 is 12.6 Å². The van der Waals surface area contributed by atoms with Crippen molar-refractivity contribution in [1.29, 1.82) is 0 Å². The lowest BCUT2D eigenvalue weighted by Crippen LogP contribution is -2.33. The molecule has 96 valence electrons. The molecule has 0 radical (unpaired) electrons. The van der Waals surface area contributed by atoms with Crippen LogP contribution in [0.1, 0.15) is 17.7 Å². The van der Waals surface area contributed by atoms with E-state index in [1.165, 1.54) is 0 Å². The zero-order valence-electron chi connectivity index (χ0n) is 10.3. The minimum Gasteiger partial charge on any atom is -0.395 e. The Morgan fingerprint density at radius 3 is 2.82 bits per heavy atom. The first-order valence-corrected chi connectivity index (χ1v) is 6.20. The summed E-state index contributed by atoms with van der Waals surface area (Å²) in [6, 6.07) is 0. The number of aryl methyl sites for hydroxylation is 2. The lowest BCUT2D eigenvalue weighted by atomic mass is 10.2. The minimum atomic E-state index is -0.0301. The molecule has 17 heavy (non-hydrogen) atoms. The van der Waals surface area contributed by atoms with Crippen molar-refractivity contribution in [1.82, 2.24) is 14.7 Å². The van der Waals surface area contributed by atoms with Gasteiger partial charge in [-0.05, 0) is 12.7 Å². The van der Waals surface area contributed by atoms with Gasteiger partial charge in [-0.1, -0.05) is 0 Å². The molecule has 0 aromatic carbocycles. The zero-order valence-corrected chi connectivity index (χ0v) is 11.2. The number of thiol groups is 1. The summed E-state index contributed by atoms with van der Waals surface area (Å²) in [6.45, 7) is 2.72. The molecule has 1 N–H and O–H groups in total. The van der Waals surface area contributed by atoms with Gasteiger partial charge in [-0.3, -0.25) is 9.48 Å². The van der Waals surface area contributed by atoms with E-state index in [0.29, 0.717) is 25.3 Å². The number of rotatable bonds is 6. The molecule has 0 unspecified atom stereocenters. The smallest absolute Gasteiger partial charge is 0.223 e. The molecule has 1 rings (SSSR count). The van der Waals surface area contributed by atoms with E-state index in [1.807, 2.05) is 20.2 Å². The minimum absolute atomic E-state index is 0.0114. The van der Waals surface area contributed by atoms with Crippen LogP contribution in [0.2, 0.25) is 0 Å². The maximum Gasteiger partial charge on any atom is 0.223 e. The molecule has 1 aromatic heterocycles. The van der Waals surface area contributed by atoms with Gasteiger partial charge in [-0.15, -0.1) is 0 Å². The van der Waals surface area contributed by atoms with Crippen LogP contribution in [0.3, 0.4) is 0 Å². The molecule has 0 aliphatic heterocycles. The molecule has 6 heteroatoms. The molecule has 5 nitrogen and oxygen atoms in total. The second-order valence-corrected chi connectivity index (χ2v) is 4.37. The van der Waals surface area contributed by atoms with Crippen LogP contribution in [-0.4, -0.2) is 44.6 Å². The Kier molecular flexibility index (Phi) is 5.50. The van der Waals surface area contributed by atoms with Gasteiger partial charge in [-0.25, -0.2) is 0 Å². The molecule has 0 bridgehead atoms. The second kappa shape index (κ2) is 6.66. The molecular weight excluding hydrogens is 238 g/mol. The molecule has 0 aliphatic rings. The lowest BCUT2D eigenvalue weighted by molar-refractivity contribution is -0.131. The van der Waals surface area contributed by atoms with Gasteiger partial charge in [0.05, 0.1) is 12.3 Å². The zero-order chi connectivity index (χ0) is 12.8. The van der Waals surface area contributed by atoms with Crippen molar-refractivity contribution in [2.24, 2.45) is 7.05 Å². The predicted molar refractivity (Wildman–Crippen MR) is 68.9 cm³/mol. The Morgan fingerprint density at radius 1 is 1.65 bits per heavy atom. The Balaban J connectivity index is 2.72. The number of hydrogen-bond donors (Lipinski definition) is 2. The monoisotopic (exact) mass is 257 g/mol. The average Bonchev–Trinajstić information content (AvgIpc) is 2.57. The second-order valence-electron chi connectivity index (χ2n) is 3.93. The van der Waals surface area contributed by atoms with Crippen molar-refractivity contribution >= 4 is 18.5 Å². The first-order chi connectivity index (χ1) is 8.08. The quantitative estimate of drug-likeness (QED) is 0.724. The van der Waals surface area contributed by atoms with Gasteiger partial charge in [0.2, 0.25) is 5.91 Å². The third-order valence-electron chi connectivity index (χ3n) is 2.52. The predicted octanol–water partition coefficient (Wildman–Crippen LogP) is 0.369. The highest BCUT2D eigenvalue weighted by Gasteiger charge is 2.15. The van der Waals surface area contributed by atoms with Crippen LogP contribution in [0.15, 0.2) is 6.20 Å². The van der Waals surface area contributed by atoms with E-state index in [2.05, 4.69) is 17.7 Å². The molecule has 0 fully saturated rings. The summed E-state index contributed by atoms with van der Waals surface area (Å²) >= 11 is 4.05. The molecule has 1 amide bonds. The van der Waals surface area contributed by atoms with Crippen molar-refractivity contribution in [3.63, 3.8) is 0 Å². The lowest BCUT2D eigenvalue weighted by Gasteiger charge is -2.21. The van der Waals surface area contributed by atoms with Gasteiger partial charge >= 0.3 is 0 Å². The highest BCUT2D eigenvalue weighted by atomic mass is 32.1. The first kappa shape index (κ1) is 14.1. The molecular formula is C11H19N3O2S. The SMILES string of the molecule is Cc1nn(C)cc1CN(CCO)C(=O)CCS. The van der Waals surface area contributed by atoms with Crippen LogP contribution in [0.5, 0.6) is 0 Å². The van der Waals surface area contributed by atoms with Crippen molar-refractivity contribution in [2.45, 2.75) is 19.9 Å². The topological polar surface area (TPSA) is 58.4 Å². The van der Waals surface area contributed by atoms with E-state index in [1.54, 1.807) is 9.58 Å². The van der Waals surface area contributed by atoms with Gasteiger partial charge in [0.1, 0.15) is 0 Å². The first-order valence-electron chi connectivity index (χ1n) is 5.57. The van der Waals surface area contributed by atoms with Crippen LogP contribution in [-0.2, 0) is 18.4 Å². The fourth-order valence-corrected chi connectivity index (χ4v) is 1.87. The third kappa shape index (κ3) is 4.05. The van der Waals surface area contributed by atoms with Crippen molar-refractivity contribution in [3.05, 3.63) is 17.5 Å². The number of amides is 1. The van der Waals surface area contributed by atoms with Crippen LogP contribution in [0.25, 0.3) is 0 Å². The molecule has 0 saturated carbocycles. The molecule has 0 saturated heterocycles. The highest BCUT2D eigenvalue weighted by molar-refractivity contribution is 7.80. The summed E-state index contributed by atoms with van der Waals surface area (Å²) in [5.41, 5.74) is 1.92. The number of nitrogens with zero attached hydrogens (tertiary/aromatic N) is 3. The summed E-state index contributed by atoms with van der Waals surface area (Å²) < 4.78 is 1.73. The van der Waals surface area contributed by atoms with Crippen molar-refractivity contribution in [3.8, 4) is 0 Å². The maximum atomic E-state index is 11.8. The molecule has 1 heterocycles. The van der Waals surface area contributed by atoms with E-state index < -0.39 is 0 Å². The number of carbonyl (C=O) groups excluding carboxylic acids is 1. The van der Waals surface area contributed by atoms with Gasteiger partial charge < -0.3 is 10.0 Å². The molecule has 1 aromatic rings.